The summed E-state index contributed by atoms with van der Waals surface area (Å²) >= 11 is 6.13. The van der Waals surface area contributed by atoms with Crippen molar-refractivity contribution in [1.29, 1.82) is 0 Å². The zero-order valence-electron chi connectivity index (χ0n) is 11.8. The number of hydrogen-bond acceptors (Lipinski definition) is 2. The number of rotatable bonds is 2. The summed E-state index contributed by atoms with van der Waals surface area (Å²) in [7, 11) is 1.03. The van der Waals surface area contributed by atoms with E-state index < -0.39 is 12.5 Å². The molecule has 0 nitrogen and oxygen atoms in total. The smallest absolute Gasteiger partial charge is 0.114 e. The van der Waals surface area contributed by atoms with Gasteiger partial charge in [-0.3, -0.25) is 0 Å². The molecule has 0 fully saturated rings. The largest absolute Gasteiger partial charge is 0.148 e. The minimum absolute atomic E-state index is 0.269. The van der Waals surface area contributed by atoms with Gasteiger partial charge in [0.15, 0.2) is 0 Å². The molecule has 0 radical (unpaired) electrons. The first-order valence-corrected chi connectivity index (χ1v) is 14.0. The van der Waals surface area contributed by atoms with E-state index in [1.54, 1.807) is 0 Å². The van der Waals surface area contributed by atoms with Crippen LogP contribution in [0.4, 0.5) is 0 Å². The topological polar surface area (TPSA) is 0 Å². The molecule has 0 saturated carbocycles. The van der Waals surface area contributed by atoms with Crippen molar-refractivity contribution in [3.8, 4) is 0 Å². The van der Waals surface area contributed by atoms with Crippen LogP contribution in [-0.2, 0) is 11.8 Å². The van der Waals surface area contributed by atoms with Gasteiger partial charge in [0.05, 0.1) is 0 Å². The molecule has 0 spiro atoms. The Labute approximate surface area is 106 Å². The lowest BCUT2D eigenvalue weighted by Crippen LogP contribution is -2.30. The van der Waals surface area contributed by atoms with Crippen LogP contribution in [-0.4, -0.2) is 17.5 Å². The molecule has 0 aromatic carbocycles. The lowest BCUT2D eigenvalue weighted by atomic mass is 10.2. The maximum atomic E-state index is 6.13. The maximum absolute atomic E-state index is 6.13. The van der Waals surface area contributed by atoms with E-state index in [0.29, 0.717) is 0 Å². The van der Waals surface area contributed by atoms with Crippen molar-refractivity contribution in [3.05, 3.63) is 0 Å². The van der Waals surface area contributed by atoms with Crippen LogP contribution in [0, 0.1) is 0 Å². The Morgan fingerprint density at radius 2 is 1.13 bits per heavy atom. The van der Waals surface area contributed by atoms with Crippen molar-refractivity contribution in [2.75, 3.05) is 0 Å². The van der Waals surface area contributed by atoms with Crippen molar-refractivity contribution >= 4 is 35.1 Å². The first-order valence-electron chi connectivity index (χ1n) is 5.52. The molecule has 0 heterocycles. The van der Waals surface area contributed by atoms with Crippen LogP contribution in [0.3, 0.4) is 0 Å². The zero-order valence-corrected chi connectivity index (χ0v) is 15.3. The molecule has 4 heteroatoms. The Morgan fingerprint density at radius 3 is 1.20 bits per heavy atom. The van der Waals surface area contributed by atoms with Gasteiger partial charge >= 0.3 is 0 Å². The standard InChI is InChI=1S/C11H27PS2Si/c1-10(2,3)12(13,11(4,5)6)14-15(7,8)9/h1-9H3. The summed E-state index contributed by atoms with van der Waals surface area (Å²) in [5, 5.41) is -0.858. The van der Waals surface area contributed by atoms with E-state index in [-0.39, 0.29) is 10.3 Å². The van der Waals surface area contributed by atoms with E-state index in [2.05, 4.69) is 72.0 Å². The van der Waals surface area contributed by atoms with Crippen LogP contribution < -0.4 is 0 Å². The lowest BCUT2D eigenvalue weighted by Gasteiger charge is -2.47. The fraction of sp³-hybridized carbons (Fsp3) is 1.00. The highest BCUT2D eigenvalue weighted by Crippen LogP contribution is 2.77. The minimum atomic E-state index is -1.40. The summed E-state index contributed by atoms with van der Waals surface area (Å²) < 4.78 is 0. The van der Waals surface area contributed by atoms with E-state index in [0.717, 1.165) is 0 Å². The Kier molecular flexibility index (Phi) is 4.84. The first-order chi connectivity index (χ1) is 6.21. The zero-order chi connectivity index (χ0) is 12.7. The summed E-state index contributed by atoms with van der Waals surface area (Å²) in [5.41, 5.74) is 0. The van der Waals surface area contributed by atoms with Crippen LogP contribution in [0.2, 0.25) is 19.6 Å². The van der Waals surface area contributed by atoms with Crippen LogP contribution in [0.25, 0.3) is 0 Å². The van der Waals surface area contributed by atoms with Crippen LogP contribution in [0.15, 0.2) is 0 Å². The van der Waals surface area contributed by atoms with Crippen molar-refractivity contribution in [2.24, 2.45) is 0 Å². The minimum Gasteiger partial charge on any atom is -0.148 e. The fourth-order valence-electron chi connectivity index (χ4n) is 1.67. The SMILES string of the molecule is CC(C)(C)P(=S)(S[Si](C)(C)C)C(C)(C)C. The molecule has 0 aromatic heterocycles. The lowest BCUT2D eigenvalue weighted by molar-refractivity contribution is 0.718. The molecule has 0 N–H and O–H groups in total. The van der Waals surface area contributed by atoms with E-state index in [1.165, 1.54) is 0 Å². The van der Waals surface area contributed by atoms with Gasteiger partial charge in [0.2, 0.25) is 0 Å². The van der Waals surface area contributed by atoms with Crippen LogP contribution >= 0.6 is 16.1 Å². The Hall–Kier alpha value is 1.22. The summed E-state index contributed by atoms with van der Waals surface area (Å²) in [4.78, 5) is 0. The molecular weight excluding hydrogens is 255 g/mol. The summed E-state index contributed by atoms with van der Waals surface area (Å²) in [6.45, 7) is 21.2. The molecule has 0 bridgehead atoms. The summed E-state index contributed by atoms with van der Waals surface area (Å²) in [5.74, 6) is 0. The third kappa shape index (κ3) is 4.18. The van der Waals surface area contributed by atoms with E-state index in [1.807, 2.05) is 0 Å². The third-order valence-electron chi connectivity index (χ3n) is 2.17. The second-order valence-electron chi connectivity index (χ2n) is 7.10. The van der Waals surface area contributed by atoms with Gasteiger partial charge in [0.1, 0.15) is 7.22 Å². The van der Waals surface area contributed by atoms with Gasteiger partial charge in [-0.15, -0.1) is 10.8 Å². The van der Waals surface area contributed by atoms with Gasteiger partial charge in [-0.25, -0.2) is 0 Å². The highest BCUT2D eigenvalue weighted by molar-refractivity contribution is 8.82. The van der Waals surface area contributed by atoms with Crippen LogP contribution in [0.5, 0.6) is 0 Å². The van der Waals surface area contributed by atoms with Gasteiger partial charge < -0.3 is 0 Å². The second kappa shape index (κ2) is 4.47. The molecule has 15 heavy (non-hydrogen) atoms. The van der Waals surface area contributed by atoms with Crippen molar-refractivity contribution in [3.63, 3.8) is 0 Å². The molecular formula is C11H27PS2Si. The predicted molar refractivity (Wildman–Crippen MR) is 84.7 cm³/mol. The van der Waals surface area contributed by atoms with E-state index in [4.69, 9.17) is 11.8 Å². The normalized spacial score (nSPS) is 15.5. The predicted octanol–water partition coefficient (Wildman–Crippen LogP) is 5.55. The Bertz CT molecular complexity index is 248. The van der Waals surface area contributed by atoms with Crippen molar-refractivity contribution in [2.45, 2.75) is 71.5 Å². The molecule has 0 rings (SSSR count). The van der Waals surface area contributed by atoms with Crippen molar-refractivity contribution < 1.29 is 0 Å². The van der Waals surface area contributed by atoms with Gasteiger partial charge in [0, 0.05) is 5.24 Å². The highest BCUT2D eigenvalue weighted by atomic mass is 33.0. The first kappa shape index (κ1) is 16.2. The van der Waals surface area contributed by atoms with Crippen LogP contribution in [0.1, 0.15) is 41.5 Å². The average Bonchev–Trinajstić information content (AvgIpc) is 1.77. The monoisotopic (exact) mass is 282 g/mol. The number of hydrogen-bond donors (Lipinski definition) is 0. The van der Waals surface area contributed by atoms with E-state index in [9.17, 15) is 0 Å². The molecule has 92 valence electrons. The Morgan fingerprint density at radius 1 is 0.867 bits per heavy atom. The third-order valence-corrected chi connectivity index (χ3v) is 24.7. The molecule has 0 aliphatic heterocycles. The molecule has 0 amide bonds. The van der Waals surface area contributed by atoms with Gasteiger partial charge in [-0.2, -0.15) is 0 Å². The molecule has 0 aromatic rings. The molecule has 0 aliphatic rings. The molecule has 0 aliphatic carbocycles. The molecule has 0 unspecified atom stereocenters. The average molecular weight is 283 g/mol. The second-order valence-corrected chi connectivity index (χ2v) is 25.1. The van der Waals surface area contributed by atoms with Gasteiger partial charge in [0.25, 0.3) is 0 Å². The summed E-state index contributed by atoms with van der Waals surface area (Å²) in [6.07, 6.45) is 0. The Balaban J connectivity index is 5.37. The van der Waals surface area contributed by atoms with Crippen molar-refractivity contribution in [1.82, 2.24) is 0 Å². The molecule has 0 saturated heterocycles. The van der Waals surface area contributed by atoms with E-state index >= 15 is 0 Å². The fourth-order valence-corrected chi connectivity index (χ4v) is 26.9. The maximum Gasteiger partial charge on any atom is 0.114 e. The molecule has 0 atom stereocenters. The van der Waals surface area contributed by atoms with Gasteiger partial charge in [-0.05, 0) is 10.3 Å². The quantitative estimate of drug-likeness (QED) is 0.481. The summed E-state index contributed by atoms with van der Waals surface area (Å²) in [6, 6.07) is 0. The van der Waals surface area contributed by atoms with Gasteiger partial charge in [-0.1, -0.05) is 73.0 Å². The highest BCUT2D eigenvalue weighted by Gasteiger charge is 2.44.